The number of allylic oxidation sites excluding steroid dienone is 1. The minimum absolute atomic E-state index is 0.0214. The van der Waals surface area contributed by atoms with Gasteiger partial charge in [0.1, 0.15) is 17.7 Å². The second kappa shape index (κ2) is 5.61. The lowest BCUT2D eigenvalue weighted by atomic mass is 9.91. The zero-order chi connectivity index (χ0) is 15.7. The van der Waals surface area contributed by atoms with Crippen molar-refractivity contribution in [2.75, 3.05) is 5.88 Å². The molecule has 0 bridgehead atoms. The van der Waals surface area contributed by atoms with E-state index in [1.54, 1.807) is 22.8 Å². The first-order chi connectivity index (χ1) is 10.5. The van der Waals surface area contributed by atoms with Gasteiger partial charge in [0.15, 0.2) is 0 Å². The van der Waals surface area contributed by atoms with Gasteiger partial charge >= 0.3 is 0 Å². The van der Waals surface area contributed by atoms with E-state index in [0.717, 1.165) is 10.7 Å². The second-order valence-electron chi connectivity index (χ2n) is 6.12. The summed E-state index contributed by atoms with van der Waals surface area (Å²) < 4.78 is 1.74. The lowest BCUT2D eigenvalue weighted by Gasteiger charge is -2.29. The molecule has 0 unspecified atom stereocenters. The van der Waals surface area contributed by atoms with Gasteiger partial charge in [-0.15, -0.1) is 0 Å². The summed E-state index contributed by atoms with van der Waals surface area (Å²) in [7, 11) is 0. The van der Waals surface area contributed by atoms with Gasteiger partial charge in [0.25, 0.3) is 5.91 Å². The molecule has 1 aromatic carbocycles. The van der Waals surface area contributed by atoms with Crippen molar-refractivity contribution in [3.63, 3.8) is 0 Å². The summed E-state index contributed by atoms with van der Waals surface area (Å²) in [6, 6.07) is 9.38. The third-order valence-corrected chi connectivity index (χ3v) is 4.45. The molecule has 0 aliphatic carbocycles. The van der Waals surface area contributed by atoms with E-state index in [9.17, 15) is 4.79 Å². The maximum Gasteiger partial charge on any atom is 0.258 e. The van der Waals surface area contributed by atoms with E-state index in [4.69, 9.17) is 0 Å². The van der Waals surface area contributed by atoms with Crippen LogP contribution in [-0.4, -0.2) is 31.4 Å². The maximum absolute atomic E-state index is 12.9. The number of thioether (sulfide) groups is 1. The van der Waals surface area contributed by atoms with Crippen LogP contribution in [0.4, 0.5) is 0 Å². The number of carbonyl (C=O) groups excluding carboxylic acids is 1. The molecule has 0 atom stereocenters. The van der Waals surface area contributed by atoms with Crippen LogP contribution >= 0.6 is 11.8 Å². The summed E-state index contributed by atoms with van der Waals surface area (Å²) >= 11 is 1.61. The number of aromatic nitrogens is 3. The van der Waals surface area contributed by atoms with Gasteiger partial charge in [-0.05, 0) is 12.1 Å². The number of benzene rings is 1. The molecule has 1 aromatic heterocycles. The molecule has 2 heterocycles. The molecule has 1 aliphatic rings. The molecule has 0 N–H and O–H groups in total. The zero-order valence-electron chi connectivity index (χ0n) is 12.9. The van der Waals surface area contributed by atoms with E-state index in [1.807, 2.05) is 35.2 Å². The van der Waals surface area contributed by atoms with Gasteiger partial charge < -0.3 is 0 Å². The Morgan fingerprint density at radius 1 is 1.23 bits per heavy atom. The van der Waals surface area contributed by atoms with Crippen LogP contribution < -0.4 is 0 Å². The molecular formula is C16H18N4OS. The van der Waals surface area contributed by atoms with Crippen molar-refractivity contribution >= 4 is 22.7 Å². The number of hydrogen-bond donors (Lipinski definition) is 0. The number of amides is 1. The van der Waals surface area contributed by atoms with Gasteiger partial charge in [0.05, 0.1) is 11.6 Å². The fourth-order valence-corrected chi connectivity index (χ4v) is 3.76. The Labute approximate surface area is 134 Å². The fourth-order valence-electron chi connectivity index (χ4n) is 2.48. The quantitative estimate of drug-likeness (QED) is 0.853. The highest BCUT2D eigenvalue weighted by Crippen LogP contribution is 2.44. The molecule has 6 heteroatoms. The first-order valence-corrected chi connectivity index (χ1v) is 8.06. The predicted octanol–water partition coefficient (Wildman–Crippen LogP) is 3.30. The van der Waals surface area contributed by atoms with Gasteiger partial charge in [-0.25, -0.2) is 9.67 Å². The standard InChI is InChI=1S/C16H18N4OS/c1-16(2,3)13-15(20-10-17-9-18-20)22-11-19(13)14(21)12-7-5-4-6-8-12/h4-10H,11H2,1-3H3. The van der Waals surface area contributed by atoms with Crippen molar-refractivity contribution in [1.29, 1.82) is 0 Å². The van der Waals surface area contributed by atoms with Gasteiger partial charge in [-0.2, -0.15) is 5.10 Å². The Morgan fingerprint density at radius 3 is 2.55 bits per heavy atom. The van der Waals surface area contributed by atoms with E-state index in [-0.39, 0.29) is 11.3 Å². The summed E-state index contributed by atoms with van der Waals surface area (Å²) in [5.41, 5.74) is 1.51. The summed E-state index contributed by atoms with van der Waals surface area (Å²) in [6.07, 6.45) is 3.18. The third kappa shape index (κ3) is 2.66. The minimum atomic E-state index is -0.171. The van der Waals surface area contributed by atoms with Crippen molar-refractivity contribution in [3.05, 3.63) is 54.2 Å². The van der Waals surface area contributed by atoms with E-state index >= 15 is 0 Å². The first-order valence-electron chi connectivity index (χ1n) is 7.08. The van der Waals surface area contributed by atoms with Crippen molar-refractivity contribution < 1.29 is 4.79 Å². The first kappa shape index (κ1) is 14.8. The van der Waals surface area contributed by atoms with Crippen molar-refractivity contribution in [3.8, 4) is 0 Å². The average molecular weight is 314 g/mol. The number of rotatable bonds is 2. The predicted molar refractivity (Wildman–Crippen MR) is 87.8 cm³/mol. The third-order valence-electron chi connectivity index (χ3n) is 3.41. The highest BCUT2D eigenvalue weighted by atomic mass is 32.2. The molecule has 0 radical (unpaired) electrons. The average Bonchev–Trinajstić information content (AvgIpc) is 3.15. The molecule has 5 nitrogen and oxygen atoms in total. The topological polar surface area (TPSA) is 51.0 Å². The molecule has 1 amide bonds. The molecular weight excluding hydrogens is 296 g/mol. The van der Waals surface area contributed by atoms with Crippen LogP contribution in [0.3, 0.4) is 0 Å². The molecule has 0 fully saturated rings. The zero-order valence-corrected chi connectivity index (χ0v) is 13.7. The van der Waals surface area contributed by atoms with E-state index in [0.29, 0.717) is 11.4 Å². The Bertz CT molecular complexity index is 702. The molecule has 0 saturated carbocycles. The summed E-state index contributed by atoms with van der Waals surface area (Å²) in [4.78, 5) is 18.7. The summed E-state index contributed by atoms with van der Waals surface area (Å²) in [5, 5.41) is 5.18. The number of hydrogen-bond acceptors (Lipinski definition) is 4. The van der Waals surface area contributed by atoms with Crippen molar-refractivity contribution in [2.24, 2.45) is 5.41 Å². The van der Waals surface area contributed by atoms with Gasteiger partial charge in [0.2, 0.25) is 0 Å². The molecule has 114 valence electrons. The molecule has 0 saturated heterocycles. The lowest BCUT2D eigenvalue weighted by molar-refractivity contribution is 0.0807. The van der Waals surface area contributed by atoms with Crippen molar-refractivity contribution in [2.45, 2.75) is 20.8 Å². The molecule has 3 rings (SSSR count). The smallest absolute Gasteiger partial charge is 0.258 e. The minimum Gasteiger partial charge on any atom is -0.299 e. The summed E-state index contributed by atoms with van der Waals surface area (Å²) in [6.45, 7) is 6.32. The number of carbonyl (C=O) groups is 1. The molecule has 2 aromatic rings. The normalized spacial score (nSPS) is 15.5. The van der Waals surface area contributed by atoms with E-state index in [1.165, 1.54) is 6.33 Å². The van der Waals surface area contributed by atoms with Crippen LogP contribution in [0.1, 0.15) is 31.1 Å². The van der Waals surface area contributed by atoms with Crippen molar-refractivity contribution in [1.82, 2.24) is 19.7 Å². The van der Waals surface area contributed by atoms with Crippen LogP contribution in [0.2, 0.25) is 0 Å². The van der Waals surface area contributed by atoms with Gasteiger partial charge in [0, 0.05) is 11.0 Å². The van der Waals surface area contributed by atoms with Crippen LogP contribution in [-0.2, 0) is 0 Å². The van der Waals surface area contributed by atoms with Crippen LogP contribution in [0, 0.1) is 5.41 Å². The highest BCUT2D eigenvalue weighted by molar-refractivity contribution is 8.08. The SMILES string of the molecule is CC(C)(C)C1=C(n2cncn2)SCN1C(=O)c1ccccc1. The summed E-state index contributed by atoms with van der Waals surface area (Å²) in [5.74, 6) is 0.614. The van der Waals surface area contributed by atoms with Crippen LogP contribution in [0.5, 0.6) is 0 Å². The van der Waals surface area contributed by atoms with Crippen LogP contribution in [0.25, 0.3) is 5.03 Å². The molecule has 22 heavy (non-hydrogen) atoms. The monoisotopic (exact) mass is 314 g/mol. The van der Waals surface area contributed by atoms with Gasteiger partial charge in [-0.1, -0.05) is 50.7 Å². The highest BCUT2D eigenvalue weighted by Gasteiger charge is 2.37. The molecule has 1 aliphatic heterocycles. The van der Waals surface area contributed by atoms with E-state index < -0.39 is 0 Å². The lowest BCUT2D eigenvalue weighted by Crippen LogP contribution is -2.33. The Morgan fingerprint density at radius 2 is 1.95 bits per heavy atom. The largest absolute Gasteiger partial charge is 0.299 e. The van der Waals surface area contributed by atoms with Crippen LogP contribution in [0.15, 0.2) is 48.7 Å². The Hall–Kier alpha value is -2.08. The Kier molecular flexibility index (Phi) is 3.78. The van der Waals surface area contributed by atoms with E-state index in [2.05, 4.69) is 30.9 Å². The van der Waals surface area contributed by atoms with Gasteiger partial charge in [-0.3, -0.25) is 9.69 Å². The maximum atomic E-state index is 12.9. The second-order valence-corrected chi connectivity index (χ2v) is 7.05. The number of nitrogens with zero attached hydrogens (tertiary/aromatic N) is 4. The molecule has 0 spiro atoms. The Balaban J connectivity index is 2.04. The fraction of sp³-hybridized carbons (Fsp3) is 0.312.